The molecular formula is C19H14FN3O2S3. The molecule has 0 saturated heterocycles. The third kappa shape index (κ3) is 3.68. The van der Waals surface area contributed by atoms with Crippen LogP contribution in [0.4, 0.5) is 9.52 Å². The monoisotopic (exact) mass is 431 g/mol. The Morgan fingerprint density at radius 1 is 1.18 bits per heavy atom. The molecule has 4 aromatic rings. The number of hydrogen-bond acceptors (Lipinski definition) is 7. The minimum atomic E-state index is -0.458. The van der Waals surface area contributed by atoms with Crippen molar-refractivity contribution in [3.63, 3.8) is 0 Å². The smallest absolute Gasteiger partial charge is 0.269 e. The highest BCUT2D eigenvalue weighted by molar-refractivity contribution is 7.18. The number of aryl methyl sites for hydroxylation is 1. The van der Waals surface area contributed by atoms with Crippen molar-refractivity contribution in [3.05, 3.63) is 56.8 Å². The van der Waals surface area contributed by atoms with E-state index in [9.17, 15) is 9.18 Å². The number of anilines is 1. The Hall–Kier alpha value is -2.62. The first-order valence-corrected chi connectivity index (χ1v) is 10.8. The van der Waals surface area contributed by atoms with Gasteiger partial charge in [-0.2, -0.15) is 11.3 Å². The van der Waals surface area contributed by atoms with Gasteiger partial charge in [0.15, 0.2) is 16.7 Å². The number of carbonyl (C=O) groups is 1. The van der Waals surface area contributed by atoms with E-state index in [2.05, 4.69) is 15.3 Å². The molecule has 0 saturated carbocycles. The summed E-state index contributed by atoms with van der Waals surface area (Å²) in [7, 11) is 1.42. The van der Waals surface area contributed by atoms with E-state index in [1.807, 2.05) is 23.8 Å². The molecule has 3 aromatic heterocycles. The minimum absolute atomic E-state index is 0.176. The molecule has 9 heteroatoms. The van der Waals surface area contributed by atoms with E-state index in [0.29, 0.717) is 27.0 Å². The number of benzene rings is 1. The predicted octanol–water partition coefficient (Wildman–Crippen LogP) is 5.70. The topological polar surface area (TPSA) is 64.1 Å². The van der Waals surface area contributed by atoms with Gasteiger partial charge in [0, 0.05) is 21.9 Å². The molecule has 0 aliphatic carbocycles. The standard InChI is InChI=1S/C19H14FN3O2S3/c1-10-16(28-18(21-10)12-5-6-26-8-12)17(24)23-19-22-14(9-27-19)11-3-4-15(25-2)13(20)7-11/h3-9H,1-2H3,(H,22,23,24). The lowest BCUT2D eigenvalue weighted by Crippen LogP contribution is -2.11. The van der Waals surface area contributed by atoms with Crippen LogP contribution in [0.25, 0.3) is 21.8 Å². The first-order chi connectivity index (χ1) is 13.5. The molecule has 0 bridgehead atoms. The second kappa shape index (κ2) is 7.78. The molecular weight excluding hydrogens is 417 g/mol. The highest BCUT2D eigenvalue weighted by atomic mass is 32.1. The van der Waals surface area contributed by atoms with Gasteiger partial charge in [-0.25, -0.2) is 14.4 Å². The Morgan fingerprint density at radius 3 is 2.75 bits per heavy atom. The molecule has 0 atom stereocenters. The first kappa shape index (κ1) is 18.7. The normalized spacial score (nSPS) is 10.8. The van der Waals surface area contributed by atoms with Crippen LogP contribution in [0.15, 0.2) is 40.4 Å². The van der Waals surface area contributed by atoms with Gasteiger partial charge < -0.3 is 4.74 Å². The van der Waals surface area contributed by atoms with Crippen LogP contribution in [0.5, 0.6) is 5.75 Å². The number of methoxy groups -OCH3 is 1. The van der Waals surface area contributed by atoms with Gasteiger partial charge >= 0.3 is 0 Å². The number of thiophene rings is 1. The van der Waals surface area contributed by atoms with Crippen molar-refractivity contribution in [3.8, 4) is 27.6 Å². The predicted molar refractivity (Wildman–Crippen MR) is 112 cm³/mol. The van der Waals surface area contributed by atoms with Gasteiger partial charge in [0.1, 0.15) is 9.88 Å². The van der Waals surface area contributed by atoms with E-state index >= 15 is 0 Å². The van der Waals surface area contributed by atoms with Crippen LogP contribution < -0.4 is 10.1 Å². The quantitative estimate of drug-likeness (QED) is 0.440. The Kier molecular flexibility index (Phi) is 5.21. The number of carbonyl (C=O) groups excluding carboxylic acids is 1. The summed E-state index contributed by atoms with van der Waals surface area (Å²) >= 11 is 4.22. The second-order valence-corrected chi connectivity index (χ2v) is 8.42. The Morgan fingerprint density at radius 2 is 2.04 bits per heavy atom. The van der Waals surface area contributed by atoms with E-state index in [1.54, 1.807) is 28.8 Å². The number of nitrogens with one attached hydrogen (secondary N) is 1. The van der Waals surface area contributed by atoms with Crippen LogP contribution in [-0.2, 0) is 0 Å². The molecule has 28 heavy (non-hydrogen) atoms. The maximum absolute atomic E-state index is 13.9. The molecule has 1 aromatic carbocycles. The summed E-state index contributed by atoms with van der Waals surface area (Å²) in [6.45, 7) is 1.81. The fourth-order valence-corrected chi connectivity index (χ4v) is 4.95. The maximum atomic E-state index is 13.9. The molecule has 0 aliphatic rings. The third-order valence-corrected chi connectivity index (χ3v) is 6.59. The van der Waals surface area contributed by atoms with E-state index in [1.165, 1.54) is 35.8 Å². The zero-order valence-corrected chi connectivity index (χ0v) is 17.3. The summed E-state index contributed by atoms with van der Waals surface area (Å²) in [6, 6.07) is 6.61. The van der Waals surface area contributed by atoms with Gasteiger partial charge in [-0.3, -0.25) is 10.1 Å². The molecule has 4 rings (SSSR count). The lowest BCUT2D eigenvalue weighted by Gasteiger charge is -2.03. The molecule has 5 nitrogen and oxygen atoms in total. The lowest BCUT2D eigenvalue weighted by molar-refractivity contribution is 0.103. The second-order valence-electron chi connectivity index (χ2n) is 5.79. The molecule has 0 radical (unpaired) electrons. The number of halogens is 1. The number of rotatable bonds is 5. The largest absolute Gasteiger partial charge is 0.494 e. The average Bonchev–Trinajstić information content (AvgIpc) is 3.42. The number of nitrogens with zero attached hydrogens (tertiary/aromatic N) is 2. The van der Waals surface area contributed by atoms with Crippen molar-refractivity contribution >= 4 is 45.0 Å². The number of amides is 1. The van der Waals surface area contributed by atoms with Gasteiger partial charge in [0.2, 0.25) is 0 Å². The van der Waals surface area contributed by atoms with Crippen LogP contribution in [0.3, 0.4) is 0 Å². The van der Waals surface area contributed by atoms with Crippen molar-refractivity contribution in [1.29, 1.82) is 0 Å². The van der Waals surface area contributed by atoms with Gasteiger partial charge in [-0.1, -0.05) is 0 Å². The number of aromatic nitrogens is 2. The first-order valence-electron chi connectivity index (χ1n) is 8.16. The Balaban J connectivity index is 1.53. The molecule has 0 fully saturated rings. The third-order valence-electron chi connectivity index (χ3n) is 3.94. The van der Waals surface area contributed by atoms with Gasteiger partial charge in [0.05, 0.1) is 18.5 Å². The van der Waals surface area contributed by atoms with Crippen molar-refractivity contribution in [2.75, 3.05) is 12.4 Å². The van der Waals surface area contributed by atoms with Crippen LogP contribution in [-0.4, -0.2) is 23.0 Å². The van der Waals surface area contributed by atoms with Crippen LogP contribution in [0.2, 0.25) is 0 Å². The minimum Gasteiger partial charge on any atom is -0.494 e. The number of ether oxygens (including phenoxy) is 1. The average molecular weight is 432 g/mol. The summed E-state index contributed by atoms with van der Waals surface area (Å²) in [5, 5.41) is 9.82. The SMILES string of the molecule is COc1ccc(-c2csc(NC(=O)c3sc(-c4ccsc4)nc3C)n2)cc1F. The Labute approximate surface area is 172 Å². The zero-order chi connectivity index (χ0) is 19.7. The van der Waals surface area contributed by atoms with Crippen molar-refractivity contribution in [2.45, 2.75) is 6.92 Å². The van der Waals surface area contributed by atoms with E-state index in [-0.39, 0.29) is 11.7 Å². The molecule has 0 unspecified atom stereocenters. The van der Waals surface area contributed by atoms with Crippen LogP contribution in [0.1, 0.15) is 15.4 Å². The molecule has 0 spiro atoms. The molecule has 0 aliphatic heterocycles. The van der Waals surface area contributed by atoms with Gasteiger partial charge in [0.25, 0.3) is 5.91 Å². The van der Waals surface area contributed by atoms with Crippen LogP contribution >= 0.6 is 34.0 Å². The van der Waals surface area contributed by atoms with E-state index < -0.39 is 5.82 Å². The summed E-state index contributed by atoms with van der Waals surface area (Å²) in [5.74, 6) is -0.535. The maximum Gasteiger partial charge on any atom is 0.269 e. The Bertz CT molecular complexity index is 1140. The molecule has 142 valence electrons. The van der Waals surface area contributed by atoms with Crippen molar-refractivity contribution < 1.29 is 13.9 Å². The summed E-state index contributed by atoms with van der Waals surface area (Å²) in [5.41, 5.74) is 2.89. The zero-order valence-electron chi connectivity index (χ0n) is 14.9. The number of thiazole rings is 2. The lowest BCUT2D eigenvalue weighted by atomic mass is 10.1. The van der Waals surface area contributed by atoms with Crippen LogP contribution in [0, 0.1) is 12.7 Å². The summed E-state index contributed by atoms with van der Waals surface area (Å²) in [4.78, 5) is 22.1. The van der Waals surface area contributed by atoms with E-state index in [4.69, 9.17) is 4.74 Å². The van der Waals surface area contributed by atoms with Crippen molar-refractivity contribution in [1.82, 2.24) is 9.97 Å². The molecule has 1 amide bonds. The van der Waals surface area contributed by atoms with Gasteiger partial charge in [-0.15, -0.1) is 22.7 Å². The number of hydrogen-bond donors (Lipinski definition) is 1. The molecule has 3 heterocycles. The van der Waals surface area contributed by atoms with Gasteiger partial charge in [-0.05, 0) is 36.6 Å². The summed E-state index contributed by atoms with van der Waals surface area (Å²) < 4.78 is 18.8. The molecule has 1 N–H and O–H groups in total. The fraction of sp³-hybridized carbons (Fsp3) is 0.105. The van der Waals surface area contributed by atoms with E-state index in [0.717, 1.165) is 10.6 Å². The highest BCUT2D eigenvalue weighted by Crippen LogP contribution is 2.31. The summed E-state index contributed by atoms with van der Waals surface area (Å²) in [6.07, 6.45) is 0. The van der Waals surface area contributed by atoms with Crippen molar-refractivity contribution in [2.24, 2.45) is 0 Å². The fourth-order valence-electron chi connectivity index (χ4n) is 2.56. The highest BCUT2D eigenvalue weighted by Gasteiger charge is 2.18.